The molecule has 5 nitrogen and oxygen atoms in total. The van der Waals surface area contributed by atoms with Crippen molar-refractivity contribution in [3.05, 3.63) is 23.8 Å². The lowest BCUT2D eigenvalue weighted by atomic mass is 10.2. The van der Waals surface area contributed by atoms with Crippen molar-refractivity contribution in [2.75, 3.05) is 27.9 Å². The molecular formula is C13H19NO4. The summed E-state index contributed by atoms with van der Waals surface area (Å²) >= 11 is 0. The van der Waals surface area contributed by atoms with Crippen LogP contribution in [0.3, 0.4) is 0 Å². The number of esters is 1. The van der Waals surface area contributed by atoms with Crippen molar-refractivity contribution >= 4 is 5.97 Å². The molecule has 1 aromatic rings. The van der Waals surface area contributed by atoms with Gasteiger partial charge in [0, 0.05) is 12.1 Å². The number of methoxy groups -OCH3 is 2. The van der Waals surface area contributed by atoms with E-state index in [-0.39, 0.29) is 19.0 Å². The maximum absolute atomic E-state index is 11.0. The Bertz CT molecular complexity index is 393. The Morgan fingerprint density at radius 3 is 2.72 bits per heavy atom. The van der Waals surface area contributed by atoms with Crippen LogP contribution in [0.5, 0.6) is 11.5 Å². The second-order valence-electron chi connectivity index (χ2n) is 3.65. The number of para-hydroxylation sites is 1. The van der Waals surface area contributed by atoms with Crippen molar-refractivity contribution in [2.45, 2.75) is 13.0 Å². The number of carbonyl (C=O) groups is 1. The first-order chi connectivity index (χ1) is 8.72. The van der Waals surface area contributed by atoms with E-state index < -0.39 is 0 Å². The third-order valence-corrected chi connectivity index (χ3v) is 2.43. The molecule has 0 saturated heterocycles. The van der Waals surface area contributed by atoms with Crippen LogP contribution in [-0.2, 0) is 16.1 Å². The van der Waals surface area contributed by atoms with Crippen LogP contribution in [0.1, 0.15) is 12.0 Å². The smallest absolute Gasteiger partial charge is 0.308 e. The molecule has 1 N–H and O–H groups in total. The minimum absolute atomic E-state index is 0.216. The van der Waals surface area contributed by atoms with E-state index in [2.05, 4.69) is 10.1 Å². The fourth-order valence-corrected chi connectivity index (χ4v) is 1.55. The summed E-state index contributed by atoms with van der Waals surface area (Å²) in [6, 6.07) is 5.68. The van der Waals surface area contributed by atoms with E-state index in [1.807, 2.05) is 25.2 Å². The molecule has 100 valence electrons. The van der Waals surface area contributed by atoms with Gasteiger partial charge >= 0.3 is 5.97 Å². The van der Waals surface area contributed by atoms with Crippen LogP contribution < -0.4 is 14.8 Å². The SMILES string of the molecule is CNCc1cccc(OC)c1OCCC(=O)OC. The lowest BCUT2D eigenvalue weighted by molar-refractivity contribution is -0.141. The minimum atomic E-state index is -0.292. The van der Waals surface area contributed by atoms with Crippen LogP contribution in [0.2, 0.25) is 0 Å². The molecule has 0 radical (unpaired) electrons. The molecule has 0 unspecified atom stereocenters. The van der Waals surface area contributed by atoms with Crippen LogP contribution >= 0.6 is 0 Å². The van der Waals surface area contributed by atoms with Crippen molar-refractivity contribution in [3.63, 3.8) is 0 Å². The summed E-state index contributed by atoms with van der Waals surface area (Å²) < 4.78 is 15.4. The molecule has 1 rings (SSSR count). The second-order valence-corrected chi connectivity index (χ2v) is 3.65. The molecule has 0 heterocycles. The zero-order valence-electron chi connectivity index (χ0n) is 11.0. The highest BCUT2D eigenvalue weighted by Crippen LogP contribution is 2.31. The Hall–Kier alpha value is -1.75. The maximum Gasteiger partial charge on any atom is 0.308 e. The molecule has 0 aliphatic rings. The quantitative estimate of drug-likeness (QED) is 0.743. The number of benzene rings is 1. The van der Waals surface area contributed by atoms with E-state index in [0.717, 1.165) is 5.56 Å². The Labute approximate surface area is 107 Å². The molecule has 0 bridgehead atoms. The molecule has 0 fully saturated rings. The van der Waals surface area contributed by atoms with Crippen LogP contribution in [0.25, 0.3) is 0 Å². The first kappa shape index (κ1) is 14.3. The molecule has 0 saturated carbocycles. The largest absolute Gasteiger partial charge is 0.493 e. The fourth-order valence-electron chi connectivity index (χ4n) is 1.55. The maximum atomic E-state index is 11.0. The Morgan fingerprint density at radius 1 is 1.33 bits per heavy atom. The lowest BCUT2D eigenvalue weighted by Gasteiger charge is -2.14. The molecule has 0 aromatic heterocycles. The monoisotopic (exact) mass is 253 g/mol. The highest BCUT2D eigenvalue weighted by Gasteiger charge is 2.10. The average Bonchev–Trinajstić information content (AvgIpc) is 2.40. The summed E-state index contributed by atoms with van der Waals surface area (Å²) in [5.74, 6) is 1.03. The average molecular weight is 253 g/mol. The van der Waals surface area contributed by atoms with Gasteiger partial charge in [0.15, 0.2) is 11.5 Å². The van der Waals surface area contributed by atoms with Gasteiger partial charge in [-0.2, -0.15) is 0 Å². The minimum Gasteiger partial charge on any atom is -0.493 e. The zero-order valence-corrected chi connectivity index (χ0v) is 11.0. The van der Waals surface area contributed by atoms with Crippen molar-refractivity contribution < 1.29 is 19.0 Å². The summed E-state index contributed by atoms with van der Waals surface area (Å²) in [5, 5.41) is 3.06. The van der Waals surface area contributed by atoms with Gasteiger partial charge in [-0.3, -0.25) is 4.79 Å². The zero-order chi connectivity index (χ0) is 13.4. The van der Waals surface area contributed by atoms with E-state index in [0.29, 0.717) is 18.0 Å². The summed E-state index contributed by atoms with van der Waals surface area (Å²) in [5.41, 5.74) is 0.988. The summed E-state index contributed by atoms with van der Waals surface area (Å²) in [6.07, 6.45) is 0.216. The van der Waals surface area contributed by atoms with E-state index in [1.54, 1.807) is 7.11 Å². The van der Waals surface area contributed by atoms with Gasteiger partial charge in [-0.15, -0.1) is 0 Å². The van der Waals surface area contributed by atoms with Gasteiger partial charge in [0.2, 0.25) is 0 Å². The van der Waals surface area contributed by atoms with Crippen molar-refractivity contribution in [1.82, 2.24) is 5.32 Å². The van der Waals surface area contributed by atoms with Crippen LogP contribution in [-0.4, -0.2) is 33.8 Å². The fraction of sp³-hybridized carbons (Fsp3) is 0.462. The van der Waals surface area contributed by atoms with Crippen LogP contribution in [0.15, 0.2) is 18.2 Å². The van der Waals surface area contributed by atoms with Crippen molar-refractivity contribution in [3.8, 4) is 11.5 Å². The summed E-state index contributed by atoms with van der Waals surface area (Å²) in [7, 11) is 4.81. The van der Waals surface area contributed by atoms with Gasteiger partial charge in [-0.05, 0) is 13.1 Å². The van der Waals surface area contributed by atoms with Gasteiger partial charge in [-0.1, -0.05) is 12.1 Å². The summed E-state index contributed by atoms with van der Waals surface area (Å²) in [6.45, 7) is 0.939. The first-order valence-corrected chi connectivity index (χ1v) is 5.73. The Balaban J connectivity index is 2.74. The van der Waals surface area contributed by atoms with E-state index in [4.69, 9.17) is 9.47 Å². The van der Waals surface area contributed by atoms with Gasteiger partial charge in [0.1, 0.15) is 0 Å². The molecule has 0 spiro atoms. The number of ether oxygens (including phenoxy) is 3. The number of rotatable bonds is 7. The number of nitrogens with one attached hydrogen (secondary N) is 1. The highest BCUT2D eigenvalue weighted by molar-refractivity contribution is 5.69. The molecule has 18 heavy (non-hydrogen) atoms. The molecule has 0 aliphatic carbocycles. The first-order valence-electron chi connectivity index (χ1n) is 5.73. The van der Waals surface area contributed by atoms with Gasteiger partial charge in [0.05, 0.1) is 27.2 Å². The number of hydrogen-bond acceptors (Lipinski definition) is 5. The van der Waals surface area contributed by atoms with Crippen LogP contribution in [0.4, 0.5) is 0 Å². The molecule has 1 aromatic carbocycles. The Morgan fingerprint density at radius 2 is 2.11 bits per heavy atom. The third kappa shape index (κ3) is 3.92. The topological polar surface area (TPSA) is 56.8 Å². The second kappa shape index (κ2) is 7.55. The number of carbonyl (C=O) groups excluding carboxylic acids is 1. The normalized spacial score (nSPS) is 9.94. The van der Waals surface area contributed by atoms with Gasteiger partial charge in [-0.25, -0.2) is 0 Å². The third-order valence-electron chi connectivity index (χ3n) is 2.43. The van der Waals surface area contributed by atoms with E-state index >= 15 is 0 Å². The summed E-state index contributed by atoms with van der Waals surface area (Å²) in [4.78, 5) is 11.0. The Kier molecular flexibility index (Phi) is 6.00. The molecule has 0 atom stereocenters. The van der Waals surface area contributed by atoms with Crippen molar-refractivity contribution in [2.24, 2.45) is 0 Å². The van der Waals surface area contributed by atoms with Crippen LogP contribution in [0, 0.1) is 0 Å². The standard InChI is InChI=1S/C13H19NO4/c1-14-9-10-5-4-6-11(16-2)13(10)18-8-7-12(15)17-3/h4-6,14H,7-9H2,1-3H3. The van der Waals surface area contributed by atoms with Gasteiger partial charge < -0.3 is 19.5 Å². The molecule has 0 aliphatic heterocycles. The molecule has 0 amide bonds. The predicted octanol–water partition coefficient (Wildman–Crippen LogP) is 1.36. The van der Waals surface area contributed by atoms with E-state index in [1.165, 1.54) is 7.11 Å². The highest BCUT2D eigenvalue weighted by atomic mass is 16.5. The molecular weight excluding hydrogens is 234 g/mol. The van der Waals surface area contributed by atoms with Gasteiger partial charge in [0.25, 0.3) is 0 Å². The lowest BCUT2D eigenvalue weighted by Crippen LogP contribution is -2.11. The van der Waals surface area contributed by atoms with E-state index in [9.17, 15) is 4.79 Å². The van der Waals surface area contributed by atoms with Crippen molar-refractivity contribution in [1.29, 1.82) is 0 Å². The molecule has 5 heteroatoms. The predicted molar refractivity (Wildman–Crippen MR) is 67.9 cm³/mol. The number of hydrogen-bond donors (Lipinski definition) is 1.